The van der Waals surface area contributed by atoms with Crippen LogP contribution in [0.15, 0.2) is 42.5 Å². The molecule has 2 aromatic heterocycles. The first-order valence-electron chi connectivity index (χ1n) is 9.13. The van der Waals surface area contributed by atoms with Crippen molar-refractivity contribution in [1.82, 2.24) is 9.38 Å². The van der Waals surface area contributed by atoms with Crippen LogP contribution >= 0.6 is 0 Å². The number of pyridine rings is 1. The van der Waals surface area contributed by atoms with E-state index in [9.17, 15) is 10.1 Å². The number of hydrogen-bond acceptors (Lipinski definition) is 4. The van der Waals surface area contributed by atoms with Crippen LogP contribution in [-0.4, -0.2) is 20.3 Å². The zero-order valence-corrected chi connectivity index (χ0v) is 14.8. The third-order valence-corrected chi connectivity index (χ3v) is 5.14. The minimum Gasteiger partial charge on any atom is -0.367 e. The van der Waals surface area contributed by atoms with Gasteiger partial charge in [-0.15, -0.1) is 0 Å². The molecule has 0 atom stereocenters. The van der Waals surface area contributed by atoms with Gasteiger partial charge < -0.3 is 5.32 Å². The fourth-order valence-electron chi connectivity index (χ4n) is 3.77. The fourth-order valence-corrected chi connectivity index (χ4v) is 3.77. The smallest absolute Gasteiger partial charge is 0.269 e. The fraction of sp³-hybridized carbons (Fsp3) is 0.350. The van der Waals surface area contributed by atoms with Crippen LogP contribution in [-0.2, 0) is 0 Å². The summed E-state index contributed by atoms with van der Waals surface area (Å²) >= 11 is 0. The topological polar surface area (TPSA) is 72.5 Å². The molecule has 6 heteroatoms. The van der Waals surface area contributed by atoms with Gasteiger partial charge in [0.15, 0.2) is 0 Å². The van der Waals surface area contributed by atoms with Crippen molar-refractivity contribution in [3.63, 3.8) is 0 Å². The molecule has 0 unspecified atom stereocenters. The van der Waals surface area contributed by atoms with Gasteiger partial charge in [-0.05, 0) is 44.0 Å². The summed E-state index contributed by atoms with van der Waals surface area (Å²) in [6.45, 7) is 2.07. The van der Waals surface area contributed by atoms with Gasteiger partial charge >= 0.3 is 0 Å². The van der Waals surface area contributed by atoms with Gasteiger partial charge in [-0.25, -0.2) is 4.98 Å². The van der Waals surface area contributed by atoms with Gasteiger partial charge in [0.1, 0.15) is 17.2 Å². The van der Waals surface area contributed by atoms with E-state index < -0.39 is 0 Å². The van der Waals surface area contributed by atoms with E-state index in [0.29, 0.717) is 6.04 Å². The number of nitrogens with one attached hydrogen (secondary N) is 1. The molecule has 1 aliphatic rings. The minimum atomic E-state index is -0.376. The number of nitro groups is 1. The molecule has 2 heterocycles. The summed E-state index contributed by atoms with van der Waals surface area (Å²) < 4.78 is 2.14. The van der Waals surface area contributed by atoms with Gasteiger partial charge in [-0.1, -0.05) is 25.3 Å². The number of non-ortho nitro benzene ring substituents is 1. The molecule has 0 radical (unpaired) electrons. The standard InChI is InChI=1S/C20H22N4O2/c1-14-6-5-9-18-22-19(15-10-12-17(13-11-15)24(25)26)20(23(14)18)21-16-7-3-2-4-8-16/h5-6,9-13,16,21H,2-4,7-8H2,1H3. The molecule has 1 aromatic carbocycles. The van der Waals surface area contributed by atoms with E-state index in [1.807, 2.05) is 12.1 Å². The Balaban J connectivity index is 1.81. The zero-order chi connectivity index (χ0) is 18.1. The molecular formula is C20H22N4O2. The normalized spacial score (nSPS) is 15.3. The number of fused-ring (bicyclic) bond motifs is 1. The van der Waals surface area contributed by atoms with Crippen molar-refractivity contribution in [2.24, 2.45) is 0 Å². The van der Waals surface area contributed by atoms with E-state index in [0.717, 1.165) is 28.4 Å². The van der Waals surface area contributed by atoms with E-state index in [4.69, 9.17) is 4.98 Å². The number of rotatable bonds is 4. The van der Waals surface area contributed by atoms with Crippen LogP contribution in [0.1, 0.15) is 37.8 Å². The van der Waals surface area contributed by atoms with Crippen LogP contribution < -0.4 is 5.32 Å². The van der Waals surface area contributed by atoms with Crippen molar-refractivity contribution in [3.8, 4) is 11.3 Å². The molecule has 0 spiro atoms. The molecule has 26 heavy (non-hydrogen) atoms. The van der Waals surface area contributed by atoms with Crippen molar-refractivity contribution < 1.29 is 4.92 Å². The summed E-state index contributed by atoms with van der Waals surface area (Å²) in [5.41, 5.74) is 3.82. The summed E-state index contributed by atoms with van der Waals surface area (Å²) in [6.07, 6.45) is 6.14. The maximum Gasteiger partial charge on any atom is 0.269 e. The number of imidazole rings is 1. The summed E-state index contributed by atoms with van der Waals surface area (Å²) in [5, 5.41) is 14.7. The molecule has 1 fully saturated rings. The zero-order valence-electron chi connectivity index (χ0n) is 14.8. The Hall–Kier alpha value is -2.89. The van der Waals surface area contributed by atoms with Crippen molar-refractivity contribution in [1.29, 1.82) is 0 Å². The van der Waals surface area contributed by atoms with Gasteiger partial charge in [0.05, 0.1) is 4.92 Å². The highest BCUT2D eigenvalue weighted by Gasteiger charge is 2.20. The third kappa shape index (κ3) is 3.03. The quantitative estimate of drug-likeness (QED) is 0.533. The second kappa shape index (κ2) is 6.78. The van der Waals surface area contributed by atoms with Gasteiger partial charge in [-0.2, -0.15) is 0 Å². The lowest BCUT2D eigenvalue weighted by molar-refractivity contribution is -0.384. The van der Waals surface area contributed by atoms with Crippen LogP contribution in [0, 0.1) is 17.0 Å². The lowest BCUT2D eigenvalue weighted by Gasteiger charge is -2.24. The lowest BCUT2D eigenvalue weighted by atomic mass is 9.95. The van der Waals surface area contributed by atoms with E-state index >= 15 is 0 Å². The van der Waals surface area contributed by atoms with Gasteiger partial charge in [0.25, 0.3) is 5.69 Å². The lowest BCUT2D eigenvalue weighted by Crippen LogP contribution is -2.23. The molecule has 1 N–H and O–H groups in total. The van der Waals surface area contributed by atoms with E-state index in [-0.39, 0.29) is 10.6 Å². The first kappa shape index (κ1) is 16.6. The molecule has 0 saturated heterocycles. The second-order valence-electron chi connectivity index (χ2n) is 6.95. The SMILES string of the molecule is Cc1cccc2nc(-c3ccc([N+](=O)[O-])cc3)c(NC3CCCCC3)n12. The van der Waals surface area contributed by atoms with Crippen molar-refractivity contribution >= 4 is 17.2 Å². The number of benzene rings is 1. The monoisotopic (exact) mass is 350 g/mol. The Kier molecular flexibility index (Phi) is 4.32. The third-order valence-electron chi connectivity index (χ3n) is 5.14. The van der Waals surface area contributed by atoms with Gasteiger partial charge in [0.2, 0.25) is 0 Å². The maximum atomic E-state index is 10.9. The highest BCUT2D eigenvalue weighted by molar-refractivity contribution is 5.77. The minimum absolute atomic E-state index is 0.0930. The van der Waals surface area contributed by atoms with Crippen LogP contribution in [0.5, 0.6) is 0 Å². The van der Waals surface area contributed by atoms with Crippen molar-refractivity contribution in [3.05, 3.63) is 58.3 Å². The number of hydrogen-bond donors (Lipinski definition) is 1. The summed E-state index contributed by atoms with van der Waals surface area (Å²) in [4.78, 5) is 15.4. The van der Waals surface area contributed by atoms with Crippen LogP contribution in [0.2, 0.25) is 0 Å². The Morgan fingerprint density at radius 2 is 1.85 bits per heavy atom. The van der Waals surface area contributed by atoms with Crippen molar-refractivity contribution in [2.45, 2.75) is 45.1 Å². The second-order valence-corrected chi connectivity index (χ2v) is 6.95. The molecule has 0 aliphatic heterocycles. The molecule has 1 saturated carbocycles. The molecule has 6 nitrogen and oxygen atoms in total. The summed E-state index contributed by atoms with van der Waals surface area (Å²) in [6, 6.07) is 13.1. The summed E-state index contributed by atoms with van der Waals surface area (Å²) in [7, 11) is 0. The number of nitro benzene ring substituents is 1. The number of nitrogens with zero attached hydrogens (tertiary/aromatic N) is 3. The maximum absolute atomic E-state index is 10.9. The Bertz CT molecular complexity index is 940. The molecule has 3 aromatic rings. The van der Waals surface area contributed by atoms with E-state index in [2.05, 4.69) is 22.7 Å². The van der Waals surface area contributed by atoms with Gasteiger partial charge in [-0.3, -0.25) is 14.5 Å². The largest absolute Gasteiger partial charge is 0.367 e. The van der Waals surface area contributed by atoms with Gasteiger partial charge in [0, 0.05) is 29.4 Å². The summed E-state index contributed by atoms with van der Waals surface area (Å²) in [5.74, 6) is 0.985. The van der Waals surface area contributed by atoms with Crippen molar-refractivity contribution in [2.75, 3.05) is 5.32 Å². The molecule has 134 valence electrons. The highest BCUT2D eigenvalue weighted by atomic mass is 16.6. The Morgan fingerprint density at radius 3 is 2.54 bits per heavy atom. The van der Waals surface area contributed by atoms with E-state index in [1.54, 1.807) is 12.1 Å². The molecule has 4 rings (SSSR count). The average molecular weight is 350 g/mol. The Labute approximate surface area is 152 Å². The number of aromatic nitrogens is 2. The van der Waals surface area contributed by atoms with Crippen LogP contribution in [0.3, 0.4) is 0 Å². The van der Waals surface area contributed by atoms with Crippen LogP contribution in [0.4, 0.5) is 11.5 Å². The molecule has 0 bridgehead atoms. The first-order chi connectivity index (χ1) is 12.6. The first-order valence-corrected chi connectivity index (χ1v) is 9.13. The number of aryl methyl sites for hydroxylation is 1. The van der Waals surface area contributed by atoms with Crippen LogP contribution in [0.25, 0.3) is 16.9 Å². The Morgan fingerprint density at radius 1 is 1.12 bits per heavy atom. The predicted octanol–water partition coefficient (Wildman–Crippen LogP) is 4.96. The molecule has 1 aliphatic carbocycles. The molecular weight excluding hydrogens is 328 g/mol. The average Bonchev–Trinajstić information content (AvgIpc) is 3.02. The van der Waals surface area contributed by atoms with E-state index in [1.165, 1.54) is 44.2 Å². The number of anilines is 1. The highest BCUT2D eigenvalue weighted by Crippen LogP contribution is 2.33. The predicted molar refractivity (Wildman–Crippen MR) is 103 cm³/mol. The molecule has 0 amide bonds.